The van der Waals surface area contributed by atoms with Crippen LogP contribution in [0.1, 0.15) is 18.4 Å². The minimum atomic E-state index is -3.14. The lowest BCUT2D eigenvalue weighted by Gasteiger charge is -2.00. The molecule has 0 aromatic heterocycles. The molecule has 17 heavy (non-hydrogen) atoms. The first-order chi connectivity index (χ1) is 8.01. The molecule has 0 bridgehead atoms. The summed E-state index contributed by atoms with van der Waals surface area (Å²) in [6, 6.07) is 7.48. The van der Waals surface area contributed by atoms with Gasteiger partial charge in [0.15, 0.2) is 9.84 Å². The Balaban J connectivity index is 2.29. The van der Waals surface area contributed by atoms with Crippen molar-refractivity contribution in [1.29, 1.82) is 0 Å². The lowest BCUT2D eigenvalue weighted by Crippen LogP contribution is -2.12. The molecule has 1 aromatic carbocycles. The van der Waals surface area contributed by atoms with Crippen LogP contribution in [0.2, 0.25) is 0 Å². The minimum Gasteiger partial charge on any atom is -0.303 e. The molecule has 2 rings (SSSR count). The Kier molecular flexibility index (Phi) is 3.41. The third kappa shape index (κ3) is 2.31. The zero-order valence-corrected chi connectivity index (χ0v) is 11.7. The highest BCUT2D eigenvalue weighted by molar-refractivity contribution is 9.10. The zero-order valence-electron chi connectivity index (χ0n) is 9.34. The second kappa shape index (κ2) is 4.53. The van der Waals surface area contributed by atoms with E-state index < -0.39 is 15.1 Å². The van der Waals surface area contributed by atoms with E-state index in [1.807, 2.05) is 24.3 Å². The molecule has 3 nitrogen and oxygen atoms in total. The fourth-order valence-corrected chi connectivity index (χ4v) is 4.28. The third-order valence-electron chi connectivity index (χ3n) is 3.24. The van der Waals surface area contributed by atoms with Crippen LogP contribution in [0.3, 0.4) is 0 Å². The van der Waals surface area contributed by atoms with Gasteiger partial charge in [-0.15, -0.1) is 0 Å². The first kappa shape index (κ1) is 12.8. The van der Waals surface area contributed by atoms with E-state index in [1.165, 1.54) is 0 Å². The molecule has 3 atom stereocenters. The van der Waals surface area contributed by atoms with Gasteiger partial charge in [0, 0.05) is 22.1 Å². The molecule has 0 spiro atoms. The van der Waals surface area contributed by atoms with Gasteiger partial charge in [-0.05, 0) is 17.7 Å². The van der Waals surface area contributed by atoms with Gasteiger partial charge in [0.2, 0.25) is 0 Å². The van der Waals surface area contributed by atoms with Crippen molar-refractivity contribution in [2.45, 2.75) is 18.1 Å². The summed E-state index contributed by atoms with van der Waals surface area (Å²) in [4.78, 5) is 10.9. The summed E-state index contributed by atoms with van der Waals surface area (Å²) in [7, 11) is -3.14. The largest absolute Gasteiger partial charge is 0.303 e. The van der Waals surface area contributed by atoms with Gasteiger partial charge in [-0.2, -0.15) is 0 Å². The van der Waals surface area contributed by atoms with Crippen molar-refractivity contribution in [3.05, 3.63) is 34.3 Å². The van der Waals surface area contributed by atoms with E-state index in [1.54, 1.807) is 6.92 Å². The van der Waals surface area contributed by atoms with Crippen LogP contribution in [-0.2, 0) is 14.6 Å². The van der Waals surface area contributed by atoms with Gasteiger partial charge in [-0.1, -0.05) is 35.0 Å². The molecule has 0 aliphatic heterocycles. The highest BCUT2D eigenvalue weighted by atomic mass is 79.9. The van der Waals surface area contributed by atoms with Gasteiger partial charge in [-0.25, -0.2) is 8.42 Å². The van der Waals surface area contributed by atoms with Gasteiger partial charge >= 0.3 is 0 Å². The minimum absolute atomic E-state index is 0.0923. The maximum absolute atomic E-state index is 11.8. The molecule has 0 radical (unpaired) electrons. The van der Waals surface area contributed by atoms with Gasteiger partial charge in [0.25, 0.3) is 0 Å². The smallest absolute Gasteiger partial charge is 0.154 e. The van der Waals surface area contributed by atoms with Crippen LogP contribution >= 0.6 is 15.9 Å². The van der Waals surface area contributed by atoms with Gasteiger partial charge in [0.1, 0.15) is 6.29 Å². The number of aldehydes is 1. The Labute approximate surface area is 109 Å². The van der Waals surface area contributed by atoms with Gasteiger partial charge in [0.05, 0.1) is 5.25 Å². The fraction of sp³-hybridized carbons (Fsp3) is 0.417. The van der Waals surface area contributed by atoms with Crippen molar-refractivity contribution in [2.24, 2.45) is 5.92 Å². The van der Waals surface area contributed by atoms with Crippen LogP contribution in [0.25, 0.3) is 0 Å². The van der Waals surface area contributed by atoms with Crippen molar-refractivity contribution in [2.75, 3.05) is 5.75 Å². The second-order valence-electron chi connectivity index (χ2n) is 4.21. The number of benzene rings is 1. The SMILES string of the molecule is CCS(=O)(=O)[C@@H]1[C@H](C=O)[C@@H]1c1ccc(Br)cc1. The van der Waals surface area contributed by atoms with E-state index in [0.717, 1.165) is 16.3 Å². The highest BCUT2D eigenvalue weighted by Crippen LogP contribution is 2.51. The Morgan fingerprint density at radius 2 is 1.88 bits per heavy atom. The van der Waals surface area contributed by atoms with Crippen LogP contribution in [-0.4, -0.2) is 25.7 Å². The molecule has 1 saturated carbocycles. The summed E-state index contributed by atoms with van der Waals surface area (Å²) in [5, 5.41) is -0.522. The first-order valence-corrected chi connectivity index (χ1v) is 7.94. The Hall–Kier alpha value is -0.680. The number of hydrogen-bond acceptors (Lipinski definition) is 3. The Bertz CT molecular complexity index is 521. The van der Waals surface area contributed by atoms with Crippen molar-refractivity contribution < 1.29 is 13.2 Å². The molecular weight excluding hydrogens is 304 g/mol. The second-order valence-corrected chi connectivity index (χ2v) is 7.57. The van der Waals surface area contributed by atoms with E-state index in [0.29, 0.717) is 0 Å². The third-order valence-corrected chi connectivity index (χ3v) is 6.01. The normalized spacial score (nSPS) is 27.8. The monoisotopic (exact) mass is 316 g/mol. The summed E-state index contributed by atoms with van der Waals surface area (Å²) in [5.41, 5.74) is 0.923. The van der Waals surface area contributed by atoms with Crippen molar-refractivity contribution in [3.8, 4) is 0 Å². The van der Waals surface area contributed by atoms with E-state index >= 15 is 0 Å². The van der Waals surface area contributed by atoms with Crippen LogP contribution in [0.5, 0.6) is 0 Å². The predicted octanol–water partition coefficient (Wildman–Crippen LogP) is 2.16. The maximum atomic E-state index is 11.8. The molecule has 0 heterocycles. The Morgan fingerprint density at radius 3 is 2.35 bits per heavy atom. The van der Waals surface area contributed by atoms with Crippen molar-refractivity contribution in [1.82, 2.24) is 0 Å². The highest BCUT2D eigenvalue weighted by Gasteiger charge is 2.57. The molecule has 0 N–H and O–H groups in total. The standard InChI is InChI=1S/C12H13BrO3S/c1-2-17(15,16)12-10(7-14)11(12)8-3-5-9(13)6-4-8/h3-7,10-12H,2H2,1H3/t10-,11+,12-/m1/s1. The number of hydrogen-bond donors (Lipinski definition) is 0. The summed E-state index contributed by atoms with van der Waals surface area (Å²) in [6.45, 7) is 1.62. The quantitative estimate of drug-likeness (QED) is 0.800. The summed E-state index contributed by atoms with van der Waals surface area (Å²) in [6.07, 6.45) is 0.768. The lowest BCUT2D eigenvalue weighted by atomic mass is 10.1. The number of carbonyl (C=O) groups is 1. The van der Waals surface area contributed by atoms with Crippen LogP contribution in [0.4, 0.5) is 0 Å². The molecule has 1 aliphatic rings. The van der Waals surface area contributed by atoms with Gasteiger partial charge in [-0.3, -0.25) is 0 Å². The molecule has 0 amide bonds. The molecule has 1 aromatic rings. The van der Waals surface area contributed by atoms with Crippen LogP contribution < -0.4 is 0 Å². The molecule has 0 saturated heterocycles. The number of carbonyl (C=O) groups excluding carboxylic acids is 1. The topological polar surface area (TPSA) is 51.2 Å². The summed E-state index contributed by atoms with van der Waals surface area (Å²) in [5.74, 6) is -0.443. The number of rotatable bonds is 4. The first-order valence-electron chi connectivity index (χ1n) is 5.43. The van der Waals surface area contributed by atoms with E-state index in [2.05, 4.69) is 15.9 Å². The average molecular weight is 317 g/mol. The molecular formula is C12H13BrO3S. The maximum Gasteiger partial charge on any atom is 0.154 e. The summed E-state index contributed by atoms with van der Waals surface area (Å²) < 4.78 is 24.6. The van der Waals surface area contributed by atoms with Crippen molar-refractivity contribution >= 4 is 32.1 Å². The van der Waals surface area contributed by atoms with Gasteiger partial charge < -0.3 is 4.79 Å². The van der Waals surface area contributed by atoms with E-state index in [4.69, 9.17) is 0 Å². The molecule has 0 unspecified atom stereocenters. The average Bonchev–Trinajstić information content (AvgIpc) is 3.05. The Morgan fingerprint density at radius 1 is 1.29 bits per heavy atom. The zero-order chi connectivity index (χ0) is 12.6. The number of sulfone groups is 1. The van der Waals surface area contributed by atoms with E-state index in [9.17, 15) is 13.2 Å². The molecule has 1 aliphatic carbocycles. The molecule has 5 heteroatoms. The summed E-state index contributed by atoms with van der Waals surface area (Å²) >= 11 is 3.33. The molecule has 1 fully saturated rings. The number of halogens is 1. The van der Waals surface area contributed by atoms with Crippen LogP contribution in [0, 0.1) is 5.92 Å². The fourth-order valence-electron chi connectivity index (χ4n) is 2.22. The predicted molar refractivity (Wildman–Crippen MR) is 69.7 cm³/mol. The van der Waals surface area contributed by atoms with E-state index in [-0.39, 0.29) is 17.6 Å². The van der Waals surface area contributed by atoms with Crippen molar-refractivity contribution in [3.63, 3.8) is 0 Å². The molecule has 92 valence electrons. The van der Waals surface area contributed by atoms with Crippen LogP contribution in [0.15, 0.2) is 28.7 Å². The lowest BCUT2D eigenvalue weighted by molar-refractivity contribution is -0.108.